The second kappa shape index (κ2) is 9.13. The van der Waals surface area contributed by atoms with Crippen LogP contribution in [0.3, 0.4) is 0 Å². The number of aliphatic carboxylic acids is 1. The van der Waals surface area contributed by atoms with Crippen molar-refractivity contribution >= 4 is 79.6 Å². The summed E-state index contributed by atoms with van der Waals surface area (Å²) in [6.07, 6.45) is 3.63. The van der Waals surface area contributed by atoms with E-state index >= 15 is 0 Å². The Hall–Kier alpha value is -1.81. The summed E-state index contributed by atoms with van der Waals surface area (Å²) >= 11 is 11.6. The SMILES string of the molecule is CSc1cccc(N2C(=O)/C(=C\c3cc(Br)ccc3OCC(=O)O)SC2=S)c1. The molecule has 1 amide bonds. The number of rotatable bonds is 6. The fourth-order valence-electron chi connectivity index (χ4n) is 2.48. The molecule has 3 rings (SSSR count). The maximum Gasteiger partial charge on any atom is 0.341 e. The van der Waals surface area contributed by atoms with E-state index in [-0.39, 0.29) is 5.91 Å². The number of benzene rings is 2. The van der Waals surface area contributed by atoms with Gasteiger partial charge in [-0.15, -0.1) is 11.8 Å². The quantitative estimate of drug-likeness (QED) is 0.342. The van der Waals surface area contributed by atoms with Crippen molar-refractivity contribution in [2.45, 2.75) is 4.90 Å². The van der Waals surface area contributed by atoms with E-state index in [1.165, 1.54) is 16.7 Å². The van der Waals surface area contributed by atoms with Gasteiger partial charge in [-0.1, -0.05) is 46.0 Å². The third-order valence-electron chi connectivity index (χ3n) is 3.71. The molecule has 28 heavy (non-hydrogen) atoms. The zero-order valence-electron chi connectivity index (χ0n) is 14.5. The zero-order chi connectivity index (χ0) is 20.3. The summed E-state index contributed by atoms with van der Waals surface area (Å²) in [4.78, 5) is 26.8. The fourth-order valence-corrected chi connectivity index (χ4v) is 4.61. The molecule has 0 spiro atoms. The van der Waals surface area contributed by atoms with Crippen molar-refractivity contribution in [3.8, 4) is 5.75 Å². The summed E-state index contributed by atoms with van der Waals surface area (Å²) in [6.45, 7) is -0.467. The Morgan fingerprint density at radius 1 is 1.36 bits per heavy atom. The number of halogens is 1. The molecule has 0 saturated carbocycles. The number of nitrogens with zero attached hydrogens (tertiary/aromatic N) is 1. The van der Waals surface area contributed by atoms with Crippen molar-refractivity contribution in [1.29, 1.82) is 0 Å². The van der Waals surface area contributed by atoms with Crippen LogP contribution in [-0.2, 0) is 9.59 Å². The van der Waals surface area contributed by atoms with Crippen LogP contribution >= 0.6 is 51.7 Å². The lowest BCUT2D eigenvalue weighted by Crippen LogP contribution is -2.27. The van der Waals surface area contributed by atoms with E-state index in [4.69, 9.17) is 22.1 Å². The molecule has 1 saturated heterocycles. The first-order chi connectivity index (χ1) is 13.4. The highest BCUT2D eigenvalue weighted by Gasteiger charge is 2.33. The van der Waals surface area contributed by atoms with Crippen molar-refractivity contribution < 1.29 is 19.4 Å². The van der Waals surface area contributed by atoms with E-state index in [9.17, 15) is 9.59 Å². The van der Waals surface area contributed by atoms with Crippen molar-refractivity contribution in [2.24, 2.45) is 0 Å². The van der Waals surface area contributed by atoms with Crippen LogP contribution in [0.25, 0.3) is 6.08 Å². The standard InChI is InChI=1S/C19H14BrNO4S3/c1-27-14-4-2-3-13(9-14)21-18(24)16(28-19(21)26)8-11-7-12(20)5-6-15(11)25-10-17(22)23/h2-9H,10H2,1H3,(H,22,23)/b16-8+. The Bertz CT molecular complexity index is 993. The minimum absolute atomic E-state index is 0.225. The summed E-state index contributed by atoms with van der Waals surface area (Å²) < 4.78 is 6.56. The van der Waals surface area contributed by atoms with Gasteiger partial charge in [-0.25, -0.2) is 4.79 Å². The van der Waals surface area contributed by atoms with Crippen molar-refractivity contribution in [3.05, 3.63) is 57.4 Å². The van der Waals surface area contributed by atoms with Crippen LogP contribution in [-0.4, -0.2) is 34.2 Å². The molecule has 1 fully saturated rings. The first-order valence-electron chi connectivity index (χ1n) is 7.95. The average Bonchev–Trinajstić information content (AvgIpc) is 2.94. The minimum Gasteiger partial charge on any atom is -0.481 e. The average molecular weight is 496 g/mol. The number of hydrogen-bond donors (Lipinski definition) is 1. The van der Waals surface area contributed by atoms with Gasteiger partial charge in [-0.05, 0) is 48.7 Å². The lowest BCUT2D eigenvalue weighted by atomic mass is 10.2. The Balaban J connectivity index is 1.93. The highest BCUT2D eigenvalue weighted by atomic mass is 79.9. The maximum absolute atomic E-state index is 13.0. The van der Waals surface area contributed by atoms with Crippen molar-refractivity contribution in [3.63, 3.8) is 0 Å². The molecule has 1 aliphatic rings. The first-order valence-corrected chi connectivity index (χ1v) is 11.2. The lowest BCUT2D eigenvalue weighted by molar-refractivity contribution is -0.139. The van der Waals surface area contributed by atoms with Gasteiger partial charge >= 0.3 is 5.97 Å². The number of ether oxygens (including phenoxy) is 1. The number of carboxylic acid groups (broad SMARTS) is 1. The van der Waals surface area contributed by atoms with E-state index < -0.39 is 12.6 Å². The van der Waals surface area contributed by atoms with Gasteiger partial charge in [0.15, 0.2) is 10.9 Å². The van der Waals surface area contributed by atoms with Gasteiger partial charge in [0.25, 0.3) is 5.91 Å². The van der Waals surface area contributed by atoms with Gasteiger partial charge < -0.3 is 9.84 Å². The van der Waals surface area contributed by atoms with Gasteiger partial charge in [0.1, 0.15) is 5.75 Å². The van der Waals surface area contributed by atoms with E-state index in [2.05, 4.69) is 15.9 Å². The largest absolute Gasteiger partial charge is 0.481 e. The Labute approximate surface area is 184 Å². The third-order valence-corrected chi connectivity index (χ3v) is 6.24. The van der Waals surface area contributed by atoms with Crippen LogP contribution in [0.15, 0.2) is 56.7 Å². The normalized spacial score (nSPS) is 15.4. The van der Waals surface area contributed by atoms with Crippen LogP contribution in [0.1, 0.15) is 5.56 Å². The van der Waals surface area contributed by atoms with Gasteiger partial charge in [0, 0.05) is 14.9 Å². The second-order valence-electron chi connectivity index (χ2n) is 5.58. The summed E-state index contributed by atoms with van der Waals surface area (Å²) in [7, 11) is 0. The number of thioether (sulfide) groups is 2. The number of hydrogen-bond acceptors (Lipinski definition) is 6. The monoisotopic (exact) mass is 495 g/mol. The summed E-state index contributed by atoms with van der Waals surface area (Å²) in [6, 6.07) is 12.8. The van der Waals surface area contributed by atoms with E-state index in [0.29, 0.717) is 26.2 Å². The molecular weight excluding hydrogens is 482 g/mol. The van der Waals surface area contributed by atoms with Gasteiger partial charge in [-0.2, -0.15) is 0 Å². The summed E-state index contributed by atoms with van der Waals surface area (Å²) in [5.41, 5.74) is 1.31. The molecule has 0 bridgehead atoms. The Kier molecular flexibility index (Phi) is 6.82. The molecule has 1 N–H and O–H groups in total. The number of carbonyl (C=O) groups is 2. The molecule has 144 valence electrons. The van der Waals surface area contributed by atoms with Crippen molar-refractivity contribution in [1.82, 2.24) is 0 Å². The highest BCUT2D eigenvalue weighted by molar-refractivity contribution is 9.10. The highest BCUT2D eigenvalue weighted by Crippen LogP contribution is 2.38. The first kappa shape index (κ1) is 20.9. The predicted octanol–water partition coefficient (Wildman–Crippen LogP) is 5.04. The molecule has 5 nitrogen and oxygen atoms in total. The molecule has 0 unspecified atom stereocenters. The fraction of sp³-hybridized carbons (Fsp3) is 0.105. The summed E-state index contributed by atoms with van der Waals surface area (Å²) in [5.74, 6) is -0.925. The molecule has 9 heteroatoms. The van der Waals surface area contributed by atoms with E-state index in [1.807, 2.05) is 30.5 Å². The number of carbonyl (C=O) groups excluding carboxylic acids is 1. The Morgan fingerprint density at radius 3 is 2.86 bits per heavy atom. The van der Waals surface area contributed by atoms with E-state index in [0.717, 1.165) is 9.37 Å². The maximum atomic E-state index is 13.0. The van der Waals surface area contributed by atoms with Crippen molar-refractivity contribution in [2.75, 3.05) is 17.8 Å². The van der Waals surface area contributed by atoms with Gasteiger partial charge in [0.2, 0.25) is 0 Å². The zero-order valence-corrected chi connectivity index (χ0v) is 18.6. The number of amides is 1. The van der Waals surface area contributed by atoms with Gasteiger partial charge in [-0.3, -0.25) is 9.69 Å². The van der Waals surface area contributed by atoms with Gasteiger partial charge in [0.05, 0.1) is 10.6 Å². The van der Waals surface area contributed by atoms with Crippen LogP contribution < -0.4 is 9.64 Å². The predicted molar refractivity (Wildman–Crippen MR) is 121 cm³/mol. The number of thiocarbonyl (C=S) groups is 1. The summed E-state index contributed by atoms with van der Waals surface area (Å²) in [5, 5.41) is 8.85. The second-order valence-corrected chi connectivity index (χ2v) is 9.05. The molecule has 0 atom stereocenters. The molecule has 1 heterocycles. The molecule has 0 radical (unpaired) electrons. The Morgan fingerprint density at radius 2 is 2.14 bits per heavy atom. The minimum atomic E-state index is -1.08. The lowest BCUT2D eigenvalue weighted by Gasteiger charge is -2.15. The molecule has 2 aromatic carbocycles. The topological polar surface area (TPSA) is 66.8 Å². The van der Waals surface area contributed by atoms with E-state index in [1.54, 1.807) is 36.0 Å². The molecular formula is C19H14BrNO4S3. The van der Waals surface area contributed by atoms with Crippen LogP contribution in [0.4, 0.5) is 5.69 Å². The molecule has 2 aromatic rings. The van der Waals surface area contributed by atoms with Crippen LogP contribution in [0, 0.1) is 0 Å². The number of anilines is 1. The number of carboxylic acids is 1. The van der Waals surface area contributed by atoms with Crippen LogP contribution in [0.5, 0.6) is 5.75 Å². The molecule has 0 aromatic heterocycles. The molecule has 1 aliphatic heterocycles. The third kappa shape index (κ3) is 4.78. The smallest absolute Gasteiger partial charge is 0.341 e. The van der Waals surface area contributed by atoms with Crippen LogP contribution in [0.2, 0.25) is 0 Å². The molecule has 0 aliphatic carbocycles.